The highest BCUT2D eigenvalue weighted by molar-refractivity contribution is 5.00. The van der Waals surface area contributed by atoms with Gasteiger partial charge in [0.05, 0.1) is 13.2 Å². The van der Waals surface area contributed by atoms with Crippen molar-refractivity contribution in [3.63, 3.8) is 0 Å². The number of fused-ring (bicyclic) bond motifs is 1. The summed E-state index contributed by atoms with van der Waals surface area (Å²) < 4.78 is 5.37. The first-order valence-electron chi connectivity index (χ1n) is 5.63. The predicted octanol–water partition coefficient (Wildman–Crippen LogP) is 0.727. The fourth-order valence-electron chi connectivity index (χ4n) is 3.36. The molecule has 1 saturated heterocycles. The lowest BCUT2D eigenvalue weighted by Crippen LogP contribution is -2.32. The van der Waals surface area contributed by atoms with Gasteiger partial charge in [-0.3, -0.25) is 0 Å². The minimum atomic E-state index is 0.287. The number of hydrogen-bond donors (Lipinski definition) is 1. The summed E-state index contributed by atoms with van der Waals surface area (Å²) in [5.41, 5.74) is 0.421. The molecule has 0 amide bonds. The molecule has 0 aromatic heterocycles. The molecule has 82 valence electrons. The van der Waals surface area contributed by atoms with Crippen LogP contribution in [-0.4, -0.2) is 50.0 Å². The summed E-state index contributed by atoms with van der Waals surface area (Å²) in [7, 11) is 1.80. The number of likely N-dealkylation sites (tertiary alicyclic amines) is 1. The molecule has 2 rings (SSSR count). The maximum absolute atomic E-state index is 8.93. The molecular weight excluding hydrogens is 178 g/mol. The molecule has 1 N–H and O–H groups in total. The zero-order valence-corrected chi connectivity index (χ0v) is 9.04. The van der Waals surface area contributed by atoms with Crippen LogP contribution in [0.15, 0.2) is 0 Å². The zero-order chi connectivity index (χ0) is 10.0. The van der Waals surface area contributed by atoms with E-state index in [-0.39, 0.29) is 6.61 Å². The molecule has 1 heterocycles. The predicted molar refractivity (Wildman–Crippen MR) is 55.2 cm³/mol. The molecule has 0 aromatic rings. The molecule has 0 aromatic carbocycles. The Labute approximate surface area is 86.0 Å². The quantitative estimate of drug-likeness (QED) is 0.724. The molecule has 1 aliphatic carbocycles. The summed E-state index contributed by atoms with van der Waals surface area (Å²) in [6, 6.07) is 0. The summed E-state index contributed by atoms with van der Waals surface area (Å²) in [6.07, 6.45) is 4.03. The van der Waals surface area contributed by atoms with Crippen molar-refractivity contribution < 1.29 is 9.84 Å². The first-order chi connectivity index (χ1) is 6.80. The second-order valence-electron chi connectivity index (χ2n) is 4.84. The Morgan fingerprint density at radius 2 is 2.43 bits per heavy atom. The minimum Gasteiger partial charge on any atom is -0.395 e. The molecular formula is C11H21NO2. The van der Waals surface area contributed by atoms with E-state index in [1.165, 1.54) is 25.8 Å². The van der Waals surface area contributed by atoms with Crippen LogP contribution in [0.1, 0.15) is 19.3 Å². The van der Waals surface area contributed by atoms with Gasteiger partial charge in [0, 0.05) is 32.2 Å². The largest absolute Gasteiger partial charge is 0.395 e. The normalized spacial score (nSPS) is 37.7. The monoisotopic (exact) mass is 199 g/mol. The average Bonchev–Trinajstić information content (AvgIpc) is 2.61. The van der Waals surface area contributed by atoms with Crippen LogP contribution in [0.25, 0.3) is 0 Å². The number of hydrogen-bond acceptors (Lipinski definition) is 3. The highest BCUT2D eigenvalue weighted by atomic mass is 16.5. The number of nitrogens with zero attached hydrogens (tertiary/aromatic N) is 1. The van der Waals surface area contributed by atoms with Gasteiger partial charge in [-0.25, -0.2) is 0 Å². The topological polar surface area (TPSA) is 32.7 Å². The second-order valence-corrected chi connectivity index (χ2v) is 4.84. The van der Waals surface area contributed by atoms with Crippen molar-refractivity contribution in [2.75, 3.05) is 40.0 Å². The highest BCUT2D eigenvalue weighted by Gasteiger charge is 2.48. The van der Waals surface area contributed by atoms with E-state index in [2.05, 4.69) is 4.90 Å². The fraction of sp³-hybridized carbons (Fsp3) is 1.00. The van der Waals surface area contributed by atoms with Gasteiger partial charge in [0.2, 0.25) is 0 Å². The Morgan fingerprint density at radius 1 is 1.57 bits per heavy atom. The lowest BCUT2D eigenvalue weighted by Gasteiger charge is -2.27. The summed E-state index contributed by atoms with van der Waals surface area (Å²) in [5, 5.41) is 8.93. The van der Waals surface area contributed by atoms with Gasteiger partial charge in [-0.15, -0.1) is 0 Å². The van der Waals surface area contributed by atoms with Crippen LogP contribution in [0, 0.1) is 11.3 Å². The maximum atomic E-state index is 8.93. The highest BCUT2D eigenvalue weighted by Crippen LogP contribution is 2.48. The van der Waals surface area contributed by atoms with E-state index in [1.807, 2.05) is 0 Å². The Bertz CT molecular complexity index is 198. The molecule has 0 radical (unpaired) electrons. The number of β-amino-alcohol motifs (C(OH)–C–C–N with tert-alkyl or cyclic N) is 1. The summed E-state index contributed by atoms with van der Waals surface area (Å²) in [4.78, 5) is 2.39. The van der Waals surface area contributed by atoms with Gasteiger partial charge in [0.1, 0.15) is 0 Å². The molecule has 2 atom stereocenters. The molecule has 2 fully saturated rings. The van der Waals surface area contributed by atoms with Gasteiger partial charge < -0.3 is 14.7 Å². The Morgan fingerprint density at radius 3 is 3.14 bits per heavy atom. The van der Waals surface area contributed by atoms with E-state index in [9.17, 15) is 0 Å². The van der Waals surface area contributed by atoms with Crippen molar-refractivity contribution in [3.8, 4) is 0 Å². The van der Waals surface area contributed by atoms with E-state index in [0.717, 1.165) is 25.6 Å². The molecule has 0 bridgehead atoms. The maximum Gasteiger partial charge on any atom is 0.0558 e. The number of aliphatic hydroxyl groups is 1. The zero-order valence-electron chi connectivity index (χ0n) is 9.04. The third kappa shape index (κ3) is 1.69. The third-order valence-corrected chi connectivity index (χ3v) is 3.96. The van der Waals surface area contributed by atoms with Gasteiger partial charge >= 0.3 is 0 Å². The standard InChI is InChI=1S/C11H21NO2/c1-14-9-11-4-2-3-10(11)7-12(8-11)5-6-13/h10,13H,2-9H2,1H3. The molecule has 0 spiro atoms. The van der Waals surface area contributed by atoms with Gasteiger partial charge in [-0.2, -0.15) is 0 Å². The molecule has 2 unspecified atom stereocenters. The summed E-state index contributed by atoms with van der Waals surface area (Å²) >= 11 is 0. The van der Waals surface area contributed by atoms with Crippen LogP contribution < -0.4 is 0 Å². The second kappa shape index (κ2) is 4.17. The summed E-state index contributed by atoms with van der Waals surface area (Å²) in [6.45, 7) is 4.33. The van der Waals surface area contributed by atoms with Gasteiger partial charge in [-0.05, 0) is 18.8 Å². The van der Waals surface area contributed by atoms with E-state index in [0.29, 0.717) is 5.41 Å². The van der Waals surface area contributed by atoms with Crippen molar-refractivity contribution >= 4 is 0 Å². The number of rotatable bonds is 4. The lowest BCUT2D eigenvalue weighted by molar-refractivity contribution is 0.0691. The van der Waals surface area contributed by atoms with Gasteiger partial charge in [0.15, 0.2) is 0 Å². The average molecular weight is 199 g/mol. The van der Waals surface area contributed by atoms with Crippen LogP contribution in [0.3, 0.4) is 0 Å². The molecule has 2 aliphatic rings. The minimum absolute atomic E-state index is 0.287. The van der Waals surface area contributed by atoms with E-state index in [1.54, 1.807) is 7.11 Å². The Kier molecular flexibility index (Phi) is 3.10. The lowest BCUT2D eigenvalue weighted by atomic mass is 9.82. The van der Waals surface area contributed by atoms with Gasteiger partial charge in [-0.1, -0.05) is 6.42 Å². The third-order valence-electron chi connectivity index (χ3n) is 3.96. The SMILES string of the molecule is COCC12CCCC1CN(CCO)C2. The van der Waals surface area contributed by atoms with Crippen LogP contribution in [0.2, 0.25) is 0 Å². The van der Waals surface area contributed by atoms with E-state index < -0.39 is 0 Å². The van der Waals surface area contributed by atoms with Crippen molar-refractivity contribution in [1.29, 1.82) is 0 Å². The number of ether oxygens (including phenoxy) is 1. The van der Waals surface area contributed by atoms with E-state index >= 15 is 0 Å². The van der Waals surface area contributed by atoms with Crippen LogP contribution >= 0.6 is 0 Å². The van der Waals surface area contributed by atoms with Crippen LogP contribution in [0.5, 0.6) is 0 Å². The van der Waals surface area contributed by atoms with Crippen LogP contribution in [-0.2, 0) is 4.74 Å². The van der Waals surface area contributed by atoms with Crippen LogP contribution in [0.4, 0.5) is 0 Å². The molecule has 3 heteroatoms. The fourth-order valence-corrected chi connectivity index (χ4v) is 3.36. The molecule has 1 aliphatic heterocycles. The van der Waals surface area contributed by atoms with Crippen molar-refractivity contribution in [2.24, 2.45) is 11.3 Å². The first kappa shape index (κ1) is 10.4. The van der Waals surface area contributed by atoms with E-state index in [4.69, 9.17) is 9.84 Å². The van der Waals surface area contributed by atoms with Gasteiger partial charge in [0.25, 0.3) is 0 Å². The molecule has 1 saturated carbocycles. The van der Waals surface area contributed by atoms with Crippen molar-refractivity contribution in [3.05, 3.63) is 0 Å². The Balaban J connectivity index is 1.99. The van der Waals surface area contributed by atoms with Crippen molar-refractivity contribution in [1.82, 2.24) is 4.90 Å². The van der Waals surface area contributed by atoms with Crippen molar-refractivity contribution in [2.45, 2.75) is 19.3 Å². The smallest absolute Gasteiger partial charge is 0.0558 e. The first-order valence-corrected chi connectivity index (χ1v) is 5.63. The molecule has 3 nitrogen and oxygen atoms in total. The molecule has 14 heavy (non-hydrogen) atoms. The number of aliphatic hydroxyl groups excluding tert-OH is 1. The Hall–Kier alpha value is -0.120. The summed E-state index contributed by atoms with van der Waals surface area (Å²) in [5.74, 6) is 0.814. The number of methoxy groups -OCH3 is 1.